The van der Waals surface area contributed by atoms with Gasteiger partial charge in [-0.2, -0.15) is 0 Å². The topological polar surface area (TPSA) is 95.7 Å². The van der Waals surface area contributed by atoms with Crippen LogP contribution >= 0.6 is 12.2 Å². The molecule has 0 N–H and O–H groups in total. The van der Waals surface area contributed by atoms with Crippen LogP contribution in [-0.2, 0) is 4.74 Å². The van der Waals surface area contributed by atoms with Gasteiger partial charge in [0.25, 0.3) is 5.58 Å². The number of hydrogen-bond acceptors (Lipinski definition) is 7. The summed E-state index contributed by atoms with van der Waals surface area (Å²) < 4.78 is 14.3. The van der Waals surface area contributed by atoms with Crippen LogP contribution < -0.4 is 0 Å². The number of benzene rings is 1. The van der Waals surface area contributed by atoms with E-state index in [1.165, 1.54) is 13.2 Å². The van der Waals surface area contributed by atoms with Crippen molar-refractivity contribution >= 4 is 35.0 Å². The highest BCUT2D eigenvalue weighted by atomic mass is 32.1. The molecule has 0 aliphatic carbocycles. The molecule has 8 heteroatoms. The number of hydrogen-bond donors (Lipinski definition) is 0. The monoisotopic (exact) mass is 255 g/mol. The first kappa shape index (κ1) is 11.3. The fourth-order valence-electron chi connectivity index (χ4n) is 1.33. The molecule has 0 aliphatic heterocycles. The Morgan fingerprint density at radius 2 is 2.18 bits per heavy atom. The number of rotatable bonds is 2. The smallest absolute Gasteiger partial charge is 0.363 e. The number of ether oxygens (including phenoxy) is 1. The van der Waals surface area contributed by atoms with Crippen LogP contribution in [0.15, 0.2) is 21.0 Å². The van der Waals surface area contributed by atoms with Gasteiger partial charge in [-0.15, -0.1) is 0 Å². The average Bonchev–Trinajstić information content (AvgIpc) is 2.66. The molecule has 88 valence electrons. The van der Waals surface area contributed by atoms with Crippen molar-refractivity contribution in [3.05, 3.63) is 32.7 Å². The Morgan fingerprint density at radius 1 is 1.47 bits per heavy atom. The zero-order chi connectivity index (χ0) is 12.6. The summed E-state index contributed by atoms with van der Waals surface area (Å²) in [5.41, 5.74) is -0.480. The normalized spacial score (nSPS) is 10.4. The van der Waals surface area contributed by atoms with E-state index in [0.717, 1.165) is 6.07 Å². The summed E-state index contributed by atoms with van der Waals surface area (Å²) >= 11 is 4.62. The third-order valence-electron chi connectivity index (χ3n) is 2.03. The summed E-state index contributed by atoms with van der Waals surface area (Å²) in [4.78, 5) is 21.2. The van der Waals surface area contributed by atoms with Crippen molar-refractivity contribution in [2.24, 2.45) is 0 Å². The number of methoxy groups -OCH3 is 1. The first-order chi connectivity index (χ1) is 8.02. The molecule has 0 saturated carbocycles. The molecule has 0 aliphatic rings. The molecule has 0 fully saturated rings. The van der Waals surface area contributed by atoms with Crippen molar-refractivity contribution < 1.29 is 23.3 Å². The number of esters is 1. The van der Waals surface area contributed by atoms with Crippen molar-refractivity contribution in [1.82, 2.24) is 0 Å². The fraction of sp³-hybridized carbons (Fsp3) is 0.111. The Balaban J connectivity index is 2.79. The number of nitro benzene ring substituents is 1. The molecule has 0 spiro atoms. The standard InChI is InChI=1S/C9H5NO6S/c1-14-8(11)4-2-5(10(12)13)7-6(3-4)15-9(17)16-7/h2-3H,1H3. The van der Waals surface area contributed by atoms with Crippen LogP contribution in [0.25, 0.3) is 11.2 Å². The first-order valence-electron chi connectivity index (χ1n) is 4.33. The van der Waals surface area contributed by atoms with E-state index >= 15 is 0 Å². The maximum absolute atomic E-state index is 11.3. The van der Waals surface area contributed by atoms with Crippen LogP contribution in [0.2, 0.25) is 0 Å². The van der Waals surface area contributed by atoms with Gasteiger partial charge in [-0.1, -0.05) is 0 Å². The Morgan fingerprint density at radius 3 is 2.76 bits per heavy atom. The lowest BCUT2D eigenvalue weighted by Gasteiger charge is -1.98. The van der Waals surface area contributed by atoms with Crippen LogP contribution in [0.4, 0.5) is 5.69 Å². The highest BCUT2D eigenvalue weighted by Crippen LogP contribution is 2.29. The molecule has 1 aromatic carbocycles. The van der Waals surface area contributed by atoms with E-state index in [9.17, 15) is 14.9 Å². The Kier molecular flexibility index (Phi) is 2.64. The van der Waals surface area contributed by atoms with Gasteiger partial charge in [-0.25, -0.2) is 4.79 Å². The second-order valence-corrected chi connectivity index (χ2v) is 3.36. The minimum atomic E-state index is -0.711. The summed E-state index contributed by atoms with van der Waals surface area (Å²) in [7, 11) is 1.17. The number of fused-ring (bicyclic) bond motifs is 1. The van der Waals surface area contributed by atoms with E-state index in [2.05, 4.69) is 17.0 Å². The number of nitrogens with zero attached hydrogens (tertiary/aromatic N) is 1. The van der Waals surface area contributed by atoms with E-state index in [4.69, 9.17) is 8.83 Å². The van der Waals surface area contributed by atoms with Crippen molar-refractivity contribution in [3.8, 4) is 0 Å². The Hall–Kier alpha value is -2.22. The fourth-order valence-corrected chi connectivity index (χ4v) is 1.50. The van der Waals surface area contributed by atoms with E-state index < -0.39 is 16.6 Å². The zero-order valence-electron chi connectivity index (χ0n) is 8.46. The van der Waals surface area contributed by atoms with Crippen LogP contribution in [0, 0.1) is 15.0 Å². The van der Waals surface area contributed by atoms with Gasteiger partial charge in [-0.3, -0.25) is 10.1 Å². The molecule has 7 nitrogen and oxygen atoms in total. The number of nitro groups is 1. The van der Waals surface area contributed by atoms with Crippen LogP contribution in [0.5, 0.6) is 0 Å². The van der Waals surface area contributed by atoms with E-state index in [-0.39, 0.29) is 21.6 Å². The molecule has 1 aromatic heterocycles. The van der Waals surface area contributed by atoms with Crippen LogP contribution in [-0.4, -0.2) is 18.0 Å². The molecule has 2 aromatic rings. The molecule has 0 amide bonds. The minimum absolute atomic E-state index is 0.00810. The third-order valence-corrected chi connectivity index (χ3v) is 2.20. The molecule has 0 radical (unpaired) electrons. The summed E-state index contributed by atoms with van der Waals surface area (Å²) in [6.07, 6.45) is 0. The lowest BCUT2D eigenvalue weighted by Crippen LogP contribution is -2.02. The molecule has 1 heterocycles. The summed E-state index contributed by atoms with van der Waals surface area (Å²) in [6.45, 7) is 0. The van der Waals surface area contributed by atoms with Gasteiger partial charge in [0.15, 0.2) is 5.58 Å². The molecule has 0 atom stereocenters. The van der Waals surface area contributed by atoms with Crippen molar-refractivity contribution in [2.75, 3.05) is 7.11 Å². The van der Waals surface area contributed by atoms with Crippen LogP contribution in [0.1, 0.15) is 10.4 Å². The predicted molar refractivity (Wildman–Crippen MR) is 57.3 cm³/mol. The molecular weight excluding hydrogens is 250 g/mol. The van der Waals surface area contributed by atoms with E-state index in [1.54, 1.807) is 0 Å². The maximum atomic E-state index is 11.3. The van der Waals surface area contributed by atoms with Gasteiger partial charge in [0.05, 0.1) is 17.6 Å². The summed E-state index contributed by atoms with van der Waals surface area (Å²) in [5, 5.41) is 10.8. The predicted octanol–water partition coefficient (Wildman–Crippen LogP) is 2.45. The first-order valence-corrected chi connectivity index (χ1v) is 4.74. The summed E-state index contributed by atoms with van der Waals surface area (Å²) in [6, 6.07) is 2.31. The third kappa shape index (κ3) is 1.89. The van der Waals surface area contributed by atoms with Crippen molar-refractivity contribution in [3.63, 3.8) is 0 Å². The highest BCUT2D eigenvalue weighted by molar-refractivity contribution is 7.71. The molecule has 0 saturated heterocycles. The zero-order valence-corrected chi connectivity index (χ0v) is 9.28. The minimum Gasteiger partial charge on any atom is -0.465 e. The molecule has 0 bridgehead atoms. The van der Waals surface area contributed by atoms with Gasteiger partial charge in [0.2, 0.25) is 0 Å². The lowest BCUT2D eigenvalue weighted by atomic mass is 10.2. The van der Waals surface area contributed by atoms with E-state index in [1.807, 2.05) is 0 Å². The number of non-ortho nitro benzene ring substituents is 1. The lowest BCUT2D eigenvalue weighted by molar-refractivity contribution is -0.383. The Bertz CT molecular complexity index is 670. The number of carbonyl (C=O) groups excluding carboxylic acids is 1. The second kappa shape index (κ2) is 3.98. The van der Waals surface area contributed by atoms with Crippen molar-refractivity contribution in [1.29, 1.82) is 0 Å². The molecule has 2 rings (SSSR count). The molecular formula is C9H5NO6S. The van der Waals surface area contributed by atoms with E-state index in [0.29, 0.717) is 0 Å². The van der Waals surface area contributed by atoms with Gasteiger partial charge >= 0.3 is 16.6 Å². The van der Waals surface area contributed by atoms with Gasteiger partial charge in [-0.05, 0) is 6.07 Å². The maximum Gasteiger partial charge on any atom is 0.363 e. The largest absolute Gasteiger partial charge is 0.465 e. The quantitative estimate of drug-likeness (QED) is 0.352. The van der Waals surface area contributed by atoms with Gasteiger partial charge < -0.3 is 13.6 Å². The number of carbonyl (C=O) groups is 1. The van der Waals surface area contributed by atoms with Crippen LogP contribution in [0.3, 0.4) is 0 Å². The van der Waals surface area contributed by atoms with Gasteiger partial charge in [0, 0.05) is 18.3 Å². The van der Waals surface area contributed by atoms with Crippen molar-refractivity contribution in [2.45, 2.75) is 0 Å². The SMILES string of the molecule is COC(=O)c1cc([N+](=O)[O-])c2oc(=S)oc2c1. The second-order valence-electron chi connectivity index (χ2n) is 3.03. The summed E-state index contributed by atoms with van der Waals surface area (Å²) in [5.74, 6) is -0.711. The Labute approximate surface area is 98.7 Å². The average molecular weight is 255 g/mol. The van der Waals surface area contributed by atoms with Gasteiger partial charge in [0.1, 0.15) is 0 Å². The highest BCUT2D eigenvalue weighted by Gasteiger charge is 2.22. The molecule has 0 unspecified atom stereocenters. The molecule has 17 heavy (non-hydrogen) atoms.